The fraction of sp³-hybridized carbons (Fsp3) is 0.467. The lowest BCUT2D eigenvalue weighted by Gasteiger charge is -2.19. The molecule has 21 heavy (non-hydrogen) atoms. The van der Waals surface area contributed by atoms with Gasteiger partial charge in [-0.05, 0) is 24.1 Å². The third-order valence-electron chi connectivity index (χ3n) is 3.68. The Hall–Kier alpha value is -2.08. The van der Waals surface area contributed by atoms with Crippen molar-refractivity contribution in [2.45, 2.75) is 13.8 Å². The van der Waals surface area contributed by atoms with E-state index in [4.69, 9.17) is 5.73 Å². The molecule has 6 nitrogen and oxygen atoms in total. The smallest absolute Gasteiger partial charge is 0.321 e. The summed E-state index contributed by atoms with van der Waals surface area (Å²) in [6.45, 7) is 5.54. The fourth-order valence-electron chi connectivity index (χ4n) is 2.39. The summed E-state index contributed by atoms with van der Waals surface area (Å²) in [5, 5.41) is 5.63. The van der Waals surface area contributed by atoms with Gasteiger partial charge < -0.3 is 16.4 Å². The van der Waals surface area contributed by atoms with Gasteiger partial charge in [-0.3, -0.25) is 9.69 Å². The summed E-state index contributed by atoms with van der Waals surface area (Å²) in [7, 11) is 0. The van der Waals surface area contributed by atoms with Crippen LogP contribution in [0.4, 0.5) is 16.2 Å². The van der Waals surface area contributed by atoms with Crippen molar-refractivity contribution in [1.82, 2.24) is 5.32 Å². The van der Waals surface area contributed by atoms with E-state index < -0.39 is 0 Å². The molecule has 0 bridgehead atoms. The molecule has 0 aromatic heterocycles. The lowest BCUT2D eigenvalue weighted by molar-refractivity contribution is -0.120. The Bertz CT molecular complexity index is 530. The van der Waals surface area contributed by atoms with Crippen LogP contribution >= 0.6 is 0 Å². The van der Waals surface area contributed by atoms with Crippen LogP contribution in [0.15, 0.2) is 24.3 Å². The van der Waals surface area contributed by atoms with Gasteiger partial charge in [0.25, 0.3) is 0 Å². The average molecular weight is 290 g/mol. The van der Waals surface area contributed by atoms with Crippen LogP contribution in [0.5, 0.6) is 0 Å². The van der Waals surface area contributed by atoms with Crippen molar-refractivity contribution < 1.29 is 9.59 Å². The van der Waals surface area contributed by atoms with Gasteiger partial charge in [0.05, 0.1) is 5.92 Å². The Morgan fingerprint density at radius 2 is 2.24 bits per heavy atom. The van der Waals surface area contributed by atoms with Crippen molar-refractivity contribution in [3.63, 3.8) is 0 Å². The van der Waals surface area contributed by atoms with E-state index in [1.54, 1.807) is 11.0 Å². The quantitative estimate of drug-likeness (QED) is 0.765. The molecule has 0 saturated carbocycles. The van der Waals surface area contributed by atoms with E-state index in [-0.39, 0.29) is 23.8 Å². The highest BCUT2D eigenvalue weighted by molar-refractivity contribution is 5.96. The first kappa shape index (κ1) is 15.3. The Balaban J connectivity index is 2.11. The van der Waals surface area contributed by atoms with Crippen molar-refractivity contribution >= 4 is 23.3 Å². The van der Waals surface area contributed by atoms with Crippen LogP contribution in [-0.2, 0) is 4.79 Å². The Morgan fingerprint density at radius 3 is 2.81 bits per heavy atom. The van der Waals surface area contributed by atoms with Crippen molar-refractivity contribution in [1.29, 1.82) is 0 Å². The second kappa shape index (κ2) is 6.58. The third-order valence-corrected chi connectivity index (χ3v) is 3.68. The molecule has 1 aliphatic heterocycles. The number of urea groups is 1. The van der Waals surface area contributed by atoms with Crippen LogP contribution in [0, 0.1) is 11.8 Å². The Kier molecular flexibility index (Phi) is 4.80. The number of benzene rings is 1. The average Bonchev–Trinajstić information content (AvgIpc) is 2.85. The van der Waals surface area contributed by atoms with Crippen LogP contribution in [0.25, 0.3) is 0 Å². The van der Waals surface area contributed by atoms with Crippen molar-refractivity contribution in [2.75, 3.05) is 29.9 Å². The number of nitrogens with two attached hydrogens (primary N) is 1. The second-order valence-corrected chi connectivity index (χ2v) is 5.51. The molecule has 114 valence electrons. The minimum Gasteiger partial charge on any atom is -0.336 e. The number of carbonyl (C=O) groups is 2. The number of nitrogens with one attached hydrogen (secondary N) is 2. The summed E-state index contributed by atoms with van der Waals surface area (Å²) in [6, 6.07) is 7.17. The van der Waals surface area contributed by atoms with Crippen LogP contribution in [-0.4, -0.2) is 31.6 Å². The molecule has 4 N–H and O–H groups in total. The molecule has 1 atom stereocenters. The van der Waals surface area contributed by atoms with Crippen LogP contribution < -0.4 is 21.3 Å². The molecule has 1 unspecified atom stereocenters. The monoisotopic (exact) mass is 290 g/mol. The number of hydrogen-bond donors (Lipinski definition) is 3. The highest BCUT2D eigenvalue weighted by Gasteiger charge is 2.23. The van der Waals surface area contributed by atoms with E-state index >= 15 is 0 Å². The summed E-state index contributed by atoms with van der Waals surface area (Å²) in [4.78, 5) is 25.5. The summed E-state index contributed by atoms with van der Waals surface area (Å²) < 4.78 is 0. The SMILES string of the molecule is CC(C)C(CN)C(=O)Nc1cccc(N2CCNC2=O)c1. The molecule has 1 aliphatic rings. The maximum absolute atomic E-state index is 12.2. The van der Waals surface area contributed by atoms with E-state index in [9.17, 15) is 9.59 Å². The van der Waals surface area contributed by atoms with E-state index in [1.165, 1.54) is 0 Å². The minimum absolute atomic E-state index is 0.0875. The Labute approximate surface area is 124 Å². The first-order chi connectivity index (χ1) is 10.0. The summed E-state index contributed by atoms with van der Waals surface area (Å²) in [5.41, 5.74) is 7.11. The predicted octanol–water partition coefficient (Wildman–Crippen LogP) is 1.39. The molecule has 0 spiro atoms. The van der Waals surface area contributed by atoms with Gasteiger partial charge in [0, 0.05) is 31.0 Å². The number of amides is 3. The van der Waals surface area contributed by atoms with Gasteiger partial charge in [0.1, 0.15) is 0 Å². The van der Waals surface area contributed by atoms with Gasteiger partial charge in [-0.15, -0.1) is 0 Å². The van der Waals surface area contributed by atoms with Crippen LogP contribution in [0.2, 0.25) is 0 Å². The van der Waals surface area contributed by atoms with Crippen LogP contribution in [0.1, 0.15) is 13.8 Å². The molecule has 1 aromatic carbocycles. The third kappa shape index (κ3) is 3.52. The number of carbonyl (C=O) groups excluding carboxylic acids is 2. The maximum Gasteiger partial charge on any atom is 0.321 e. The molecule has 1 aromatic rings. The predicted molar refractivity (Wildman–Crippen MR) is 83.2 cm³/mol. The van der Waals surface area contributed by atoms with Gasteiger partial charge >= 0.3 is 6.03 Å². The largest absolute Gasteiger partial charge is 0.336 e. The minimum atomic E-state index is -0.219. The molecule has 3 amide bonds. The lowest BCUT2D eigenvalue weighted by atomic mass is 9.95. The second-order valence-electron chi connectivity index (χ2n) is 5.51. The topological polar surface area (TPSA) is 87.5 Å². The Morgan fingerprint density at radius 1 is 1.48 bits per heavy atom. The van der Waals surface area contributed by atoms with Crippen molar-refractivity contribution in [2.24, 2.45) is 17.6 Å². The zero-order chi connectivity index (χ0) is 15.4. The first-order valence-corrected chi connectivity index (χ1v) is 7.19. The van der Waals surface area contributed by atoms with Gasteiger partial charge in [-0.1, -0.05) is 19.9 Å². The number of anilines is 2. The van der Waals surface area contributed by atoms with Crippen molar-refractivity contribution in [3.8, 4) is 0 Å². The first-order valence-electron chi connectivity index (χ1n) is 7.19. The lowest BCUT2D eigenvalue weighted by Crippen LogP contribution is -2.33. The van der Waals surface area contributed by atoms with E-state index in [0.29, 0.717) is 25.3 Å². The van der Waals surface area contributed by atoms with E-state index in [2.05, 4.69) is 10.6 Å². The zero-order valence-electron chi connectivity index (χ0n) is 12.4. The van der Waals surface area contributed by atoms with E-state index in [0.717, 1.165) is 5.69 Å². The van der Waals surface area contributed by atoms with Gasteiger partial charge in [-0.25, -0.2) is 4.79 Å². The molecule has 1 fully saturated rings. The van der Waals surface area contributed by atoms with Gasteiger partial charge in [0.2, 0.25) is 5.91 Å². The van der Waals surface area contributed by atoms with E-state index in [1.807, 2.05) is 32.0 Å². The highest BCUT2D eigenvalue weighted by Crippen LogP contribution is 2.22. The molecular formula is C15H22N4O2. The highest BCUT2D eigenvalue weighted by atomic mass is 16.2. The van der Waals surface area contributed by atoms with Gasteiger partial charge in [0.15, 0.2) is 0 Å². The molecule has 6 heteroatoms. The maximum atomic E-state index is 12.2. The van der Waals surface area contributed by atoms with Crippen LogP contribution in [0.3, 0.4) is 0 Å². The zero-order valence-corrected chi connectivity index (χ0v) is 12.4. The van der Waals surface area contributed by atoms with Crippen molar-refractivity contribution in [3.05, 3.63) is 24.3 Å². The molecule has 0 radical (unpaired) electrons. The molecule has 1 heterocycles. The normalized spacial score (nSPS) is 16.0. The molecule has 0 aliphatic carbocycles. The summed E-state index contributed by atoms with van der Waals surface area (Å²) >= 11 is 0. The van der Waals surface area contributed by atoms with Gasteiger partial charge in [-0.2, -0.15) is 0 Å². The number of hydrogen-bond acceptors (Lipinski definition) is 3. The summed E-state index contributed by atoms with van der Waals surface area (Å²) in [6.07, 6.45) is 0. The number of rotatable bonds is 5. The number of nitrogens with zero attached hydrogens (tertiary/aromatic N) is 1. The summed E-state index contributed by atoms with van der Waals surface area (Å²) in [5.74, 6) is -0.123. The molecular weight excluding hydrogens is 268 g/mol. The fourth-order valence-corrected chi connectivity index (χ4v) is 2.39. The molecule has 2 rings (SSSR count). The standard InChI is InChI=1S/C15H22N4O2/c1-10(2)13(9-16)14(20)18-11-4-3-5-12(8-11)19-7-6-17-15(19)21/h3-5,8,10,13H,6-7,9,16H2,1-2H3,(H,17,21)(H,18,20). The molecule has 1 saturated heterocycles.